The van der Waals surface area contributed by atoms with Gasteiger partial charge in [-0.15, -0.1) is 11.8 Å². The first kappa shape index (κ1) is 11.3. The van der Waals surface area contributed by atoms with Gasteiger partial charge in [0.2, 0.25) is 0 Å². The third kappa shape index (κ3) is 1.73. The number of anilines is 1. The second-order valence-electron chi connectivity index (χ2n) is 3.92. The van der Waals surface area contributed by atoms with E-state index in [0.29, 0.717) is 10.1 Å². The fourth-order valence-corrected chi connectivity index (χ4v) is 3.78. The summed E-state index contributed by atoms with van der Waals surface area (Å²) in [5, 5.41) is 1.26. The number of carbonyl (C=O) groups excluding carboxylic acids is 1. The highest BCUT2D eigenvalue weighted by Crippen LogP contribution is 2.33. The molecule has 2 heterocycles. The van der Waals surface area contributed by atoms with Crippen LogP contribution in [0.2, 0.25) is 5.02 Å². The number of thiocarbonyl (C=S) groups is 1. The van der Waals surface area contributed by atoms with E-state index in [1.807, 2.05) is 17.0 Å². The van der Waals surface area contributed by atoms with E-state index in [1.54, 1.807) is 28.8 Å². The lowest BCUT2D eigenvalue weighted by Gasteiger charge is -2.18. The molecule has 0 saturated carbocycles. The first-order valence-corrected chi connectivity index (χ1v) is 7.10. The van der Waals surface area contributed by atoms with Gasteiger partial charge in [-0.25, -0.2) is 0 Å². The van der Waals surface area contributed by atoms with E-state index < -0.39 is 0 Å². The molecule has 3 rings (SSSR count). The van der Waals surface area contributed by atoms with Crippen LogP contribution >= 0.6 is 35.6 Å². The minimum absolute atomic E-state index is 0.0716. The van der Waals surface area contributed by atoms with Gasteiger partial charge in [0.25, 0.3) is 5.91 Å². The Morgan fingerprint density at radius 3 is 2.71 bits per heavy atom. The molecule has 2 aliphatic heterocycles. The Balaban J connectivity index is 1.96. The second kappa shape index (κ2) is 4.15. The molecule has 88 valence electrons. The summed E-state index contributed by atoms with van der Waals surface area (Å²) in [6, 6.07) is 7.10. The van der Waals surface area contributed by atoms with Crippen LogP contribution in [0.5, 0.6) is 0 Å². The first-order chi connectivity index (χ1) is 8.18. The predicted molar refractivity (Wildman–Crippen MR) is 74.5 cm³/mol. The topological polar surface area (TPSA) is 23.6 Å². The minimum atomic E-state index is -0.0804. The number of thioether (sulfide) groups is 1. The van der Waals surface area contributed by atoms with Crippen molar-refractivity contribution in [2.75, 3.05) is 16.5 Å². The fourth-order valence-electron chi connectivity index (χ4n) is 2.04. The van der Waals surface area contributed by atoms with E-state index in [1.165, 1.54) is 0 Å². The number of benzene rings is 1. The zero-order valence-corrected chi connectivity index (χ0v) is 11.2. The van der Waals surface area contributed by atoms with Gasteiger partial charge in [0, 0.05) is 10.8 Å². The molecule has 0 N–H and O–H groups in total. The number of hydrogen-bond donors (Lipinski definition) is 0. The molecule has 1 unspecified atom stereocenters. The standard InChI is InChI=1S/C11H9ClN2OS2/c12-7-1-3-8(4-2-7)14-10(15)9-5-17-6-13(9)11(14)16/h1-4,9H,5-6H2. The van der Waals surface area contributed by atoms with Gasteiger partial charge in [-0.3, -0.25) is 9.69 Å². The Morgan fingerprint density at radius 1 is 1.35 bits per heavy atom. The van der Waals surface area contributed by atoms with Crippen molar-refractivity contribution in [1.29, 1.82) is 0 Å². The molecule has 6 heteroatoms. The maximum atomic E-state index is 12.2. The van der Waals surface area contributed by atoms with Crippen molar-refractivity contribution in [1.82, 2.24) is 4.90 Å². The Labute approximate surface area is 114 Å². The highest BCUT2D eigenvalue weighted by Gasteiger charge is 2.45. The van der Waals surface area contributed by atoms with E-state index in [-0.39, 0.29) is 11.9 Å². The maximum Gasteiger partial charge on any atom is 0.256 e. The van der Waals surface area contributed by atoms with Crippen LogP contribution in [0.25, 0.3) is 0 Å². The SMILES string of the molecule is O=C1C2CSCN2C(=S)N1c1ccc(Cl)cc1. The van der Waals surface area contributed by atoms with Gasteiger partial charge in [-0.1, -0.05) is 11.6 Å². The summed E-state index contributed by atoms with van der Waals surface area (Å²) < 4.78 is 0. The van der Waals surface area contributed by atoms with E-state index in [9.17, 15) is 4.79 Å². The summed E-state index contributed by atoms with van der Waals surface area (Å²) in [4.78, 5) is 15.8. The van der Waals surface area contributed by atoms with E-state index >= 15 is 0 Å². The van der Waals surface area contributed by atoms with Crippen molar-refractivity contribution in [3.8, 4) is 0 Å². The molecule has 2 aliphatic rings. The van der Waals surface area contributed by atoms with Crippen LogP contribution < -0.4 is 4.90 Å². The Kier molecular flexibility index (Phi) is 2.77. The largest absolute Gasteiger partial charge is 0.326 e. The van der Waals surface area contributed by atoms with Crippen LogP contribution in [0, 0.1) is 0 Å². The molecule has 0 spiro atoms. The van der Waals surface area contributed by atoms with Gasteiger partial charge in [-0.05, 0) is 36.5 Å². The third-order valence-electron chi connectivity index (χ3n) is 2.91. The summed E-state index contributed by atoms with van der Waals surface area (Å²) in [6.45, 7) is 0. The molecule has 1 aromatic rings. The van der Waals surface area contributed by atoms with Crippen molar-refractivity contribution in [3.63, 3.8) is 0 Å². The molecular weight excluding hydrogens is 276 g/mol. The average Bonchev–Trinajstić information content (AvgIpc) is 2.87. The molecule has 0 radical (unpaired) electrons. The van der Waals surface area contributed by atoms with Gasteiger partial charge in [0.15, 0.2) is 5.11 Å². The van der Waals surface area contributed by atoms with Crippen LogP contribution in [-0.4, -0.2) is 33.6 Å². The van der Waals surface area contributed by atoms with Crippen molar-refractivity contribution in [3.05, 3.63) is 29.3 Å². The maximum absolute atomic E-state index is 12.2. The number of fused-ring (bicyclic) bond motifs is 1. The summed E-state index contributed by atoms with van der Waals surface area (Å²) in [6.07, 6.45) is 0. The van der Waals surface area contributed by atoms with Gasteiger partial charge in [0.1, 0.15) is 6.04 Å². The third-order valence-corrected chi connectivity index (χ3v) is 4.59. The van der Waals surface area contributed by atoms with Crippen LogP contribution in [-0.2, 0) is 4.79 Å². The van der Waals surface area contributed by atoms with Crippen LogP contribution in [0.4, 0.5) is 5.69 Å². The summed E-state index contributed by atoms with van der Waals surface area (Å²) in [7, 11) is 0. The highest BCUT2D eigenvalue weighted by molar-refractivity contribution is 7.99. The normalized spacial score (nSPS) is 23.5. The molecule has 0 bridgehead atoms. The average molecular weight is 285 g/mol. The van der Waals surface area contributed by atoms with Crippen molar-refractivity contribution < 1.29 is 4.79 Å². The molecule has 2 saturated heterocycles. The van der Waals surface area contributed by atoms with Crippen molar-refractivity contribution >= 4 is 52.3 Å². The molecule has 17 heavy (non-hydrogen) atoms. The number of amides is 1. The van der Waals surface area contributed by atoms with Crippen LogP contribution in [0.1, 0.15) is 0 Å². The zero-order valence-electron chi connectivity index (χ0n) is 8.80. The van der Waals surface area contributed by atoms with Gasteiger partial charge in [0.05, 0.1) is 11.6 Å². The smallest absolute Gasteiger partial charge is 0.256 e. The Bertz CT molecular complexity index is 469. The van der Waals surface area contributed by atoms with Crippen LogP contribution in [0.15, 0.2) is 24.3 Å². The summed E-state index contributed by atoms with van der Waals surface area (Å²) >= 11 is 12.9. The number of rotatable bonds is 1. The lowest BCUT2D eigenvalue weighted by atomic mass is 10.2. The molecule has 1 atom stereocenters. The van der Waals surface area contributed by atoms with Crippen LogP contribution in [0.3, 0.4) is 0 Å². The molecule has 2 fully saturated rings. The number of halogens is 1. The molecular formula is C11H9ClN2OS2. The molecule has 1 amide bonds. The van der Waals surface area contributed by atoms with E-state index in [4.69, 9.17) is 23.8 Å². The van der Waals surface area contributed by atoms with Crippen molar-refractivity contribution in [2.24, 2.45) is 0 Å². The molecule has 3 nitrogen and oxygen atoms in total. The van der Waals surface area contributed by atoms with Gasteiger partial charge < -0.3 is 4.90 Å². The van der Waals surface area contributed by atoms with Gasteiger partial charge in [-0.2, -0.15) is 0 Å². The first-order valence-electron chi connectivity index (χ1n) is 5.16. The Hall–Kier alpha value is -0.780. The molecule has 1 aromatic carbocycles. The van der Waals surface area contributed by atoms with E-state index in [0.717, 1.165) is 17.3 Å². The Morgan fingerprint density at radius 2 is 2.06 bits per heavy atom. The second-order valence-corrected chi connectivity index (χ2v) is 5.72. The van der Waals surface area contributed by atoms with Crippen molar-refractivity contribution in [2.45, 2.75) is 6.04 Å². The monoisotopic (exact) mass is 284 g/mol. The summed E-state index contributed by atoms with van der Waals surface area (Å²) in [5.41, 5.74) is 0.795. The van der Waals surface area contributed by atoms with Gasteiger partial charge >= 0.3 is 0 Å². The predicted octanol–water partition coefficient (Wildman–Crippen LogP) is 2.35. The van der Waals surface area contributed by atoms with E-state index in [2.05, 4.69) is 0 Å². The number of carbonyl (C=O) groups is 1. The summed E-state index contributed by atoms with van der Waals surface area (Å²) in [5.74, 6) is 1.70. The highest BCUT2D eigenvalue weighted by atomic mass is 35.5. The molecule has 0 aromatic heterocycles. The molecule has 0 aliphatic carbocycles. The lowest BCUT2D eigenvalue weighted by molar-refractivity contribution is -0.118. The number of nitrogens with zero attached hydrogens (tertiary/aromatic N) is 2. The minimum Gasteiger partial charge on any atom is -0.326 e. The fraction of sp³-hybridized carbons (Fsp3) is 0.273. The zero-order chi connectivity index (χ0) is 12.0. The quantitative estimate of drug-likeness (QED) is 0.739. The number of hydrogen-bond acceptors (Lipinski definition) is 3. The lowest BCUT2D eigenvalue weighted by Crippen LogP contribution is -2.32.